The summed E-state index contributed by atoms with van der Waals surface area (Å²) in [6, 6.07) is 69.1. The Kier molecular flexibility index (Phi) is 7.70. The molecule has 8 aromatic carbocycles. The molecule has 1 aromatic heterocycles. The molecule has 0 atom stereocenters. The Morgan fingerprint density at radius 1 is 0.362 bits per heavy atom. The van der Waals surface area contributed by atoms with Crippen molar-refractivity contribution >= 4 is 0 Å². The Bertz CT molecular complexity index is 2980. The quantitative estimate of drug-likeness (QED) is 0.176. The molecule has 0 fully saturated rings. The fourth-order valence-electron chi connectivity index (χ4n) is 8.76. The van der Waals surface area contributed by atoms with Gasteiger partial charge in [0, 0.05) is 27.8 Å². The Labute approximate surface area is 336 Å². The van der Waals surface area contributed by atoms with Crippen molar-refractivity contribution in [1.82, 2.24) is 15.0 Å². The van der Waals surface area contributed by atoms with Gasteiger partial charge in [-0.3, -0.25) is 0 Å². The summed E-state index contributed by atoms with van der Waals surface area (Å²) in [4.78, 5) is 14.7. The lowest BCUT2D eigenvalue weighted by atomic mass is 9.65. The van der Waals surface area contributed by atoms with Crippen molar-refractivity contribution in [2.24, 2.45) is 0 Å². The van der Waals surface area contributed by atoms with E-state index in [0.717, 1.165) is 61.6 Å². The van der Waals surface area contributed by atoms with E-state index in [1.54, 1.807) is 0 Å². The molecular formula is C53H32N4O. The van der Waals surface area contributed by atoms with Gasteiger partial charge in [-0.1, -0.05) is 170 Å². The number of aromatic nitrogens is 3. The lowest BCUT2D eigenvalue weighted by molar-refractivity contribution is 0.437. The Hall–Kier alpha value is -7.94. The zero-order valence-electron chi connectivity index (χ0n) is 31.2. The first kappa shape index (κ1) is 33.4. The first-order valence-corrected chi connectivity index (χ1v) is 19.3. The summed E-state index contributed by atoms with van der Waals surface area (Å²) in [6.45, 7) is 0. The predicted molar refractivity (Wildman–Crippen MR) is 229 cm³/mol. The van der Waals surface area contributed by atoms with Gasteiger partial charge in [-0.15, -0.1) is 0 Å². The van der Waals surface area contributed by atoms with Crippen LogP contribution in [-0.2, 0) is 5.41 Å². The van der Waals surface area contributed by atoms with Crippen molar-refractivity contribution in [1.29, 1.82) is 5.26 Å². The van der Waals surface area contributed by atoms with Crippen LogP contribution in [0.15, 0.2) is 194 Å². The van der Waals surface area contributed by atoms with Crippen LogP contribution in [0.25, 0.3) is 67.5 Å². The Morgan fingerprint density at radius 2 is 0.741 bits per heavy atom. The molecule has 1 aliphatic heterocycles. The number of hydrogen-bond donors (Lipinski definition) is 0. The van der Waals surface area contributed by atoms with Crippen LogP contribution in [0.3, 0.4) is 0 Å². The Balaban J connectivity index is 1.03. The number of nitriles is 1. The average Bonchev–Trinajstić information content (AvgIpc) is 3.59. The first-order valence-electron chi connectivity index (χ1n) is 19.3. The fraction of sp³-hybridized carbons (Fsp3) is 0.0189. The minimum Gasteiger partial charge on any atom is -0.457 e. The zero-order valence-corrected chi connectivity index (χ0v) is 31.2. The number of nitrogens with zero attached hydrogens (tertiary/aromatic N) is 4. The maximum atomic E-state index is 9.42. The van der Waals surface area contributed by atoms with Gasteiger partial charge in [0.2, 0.25) is 0 Å². The molecule has 5 nitrogen and oxygen atoms in total. The summed E-state index contributed by atoms with van der Waals surface area (Å²) in [5.41, 5.74) is 14.1. The minimum atomic E-state index is -0.576. The van der Waals surface area contributed by atoms with Gasteiger partial charge in [-0.2, -0.15) is 5.26 Å². The van der Waals surface area contributed by atoms with Crippen molar-refractivity contribution in [2.45, 2.75) is 5.41 Å². The van der Waals surface area contributed by atoms with Gasteiger partial charge >= 0.3 is 0 Å². The molecule has 5 heteroatoms. The number of hydrogen-bond acceptors (Lipinski definition) is 5. The van der Waals surface area contributed by atoms with Gasteiger partial charge in [0.05, 0.1) is 17.0 Å². The number of rotatable bonds is 5. The van der Waals surface area contributed by atoms with E-state index in [2.05, 4.69) is 115 Å². The number of fused-ring (bicyclic) bond motifs is 9. The van der Waals surface area contributed by atoms with E-state index in [1.165, 1.54) is 22.3 Å². The van der Waals surface area contributed by atoms with Crippen LogP contribution >= 0.6 is 0 Å². The van der Waals surface area contributed by atoms with Crippen LogP contribution in [0.1, 0.15) is 27.8 Å². The van der Waals surface area contributed by atoms with Gasteiger partial charge in [-0.25, -0.2) is 15.0 Å². The summed E-state index contributed by atoms with van der Waals surface area (Å²) < 4.78 is 6.99. The molecule has 0 bridgehead atoms. The third-order valence-electron chi connectivity index (χ3n) is 11.5. The average molecular weight is 741 g/mol. The largest absolute Gasteiger partial charge is 0.457 e. The smallest absolute Gasteiger partial charge is 0.164 e. The maximum absolute atomic E-state index is 9.42. The van der Waals surface area contributed by atoms with E-state index in [1.807, 2.05) is 84.9 Å². The minimum absolute atomic E-state index is 0.576. The van der Waals surface area contributed by atoms with E-state index >= 15 is 0 Å². The van der Waals surface area contributed by atoms with Crippen molar-refractivity contribution in [3.05, 3.63) is 222 Å². The summed E-state index contributed by atoms with van der Waals surface area (Å²) in [6.07, 6.45) is 0. The molecule has 0 radical (unpaired) electrons. The summed E-state index contributed by atoms with van der Waals surface area (Å²) in [7, 11) is 0. The van der Waals surface area contributed by atoms with E-state index in [-0.39, 0.29) is 0 Å². The molecular weight excluding hydrogens is 709 g/mol. The van der Waals surface area contributed by atoms with Crippen molar-refractivity contribution in [2.75, 3.05) is 0 Å². The molecule has 0 saturated heterocycles. The molecule has 2 heterocycles. The zero-order chi connectivity index (χ0) is 38.6. The van der Waals surface area contributed by atoms with E-state index < -0.39 is 5.41 Å². The third kappa shape index (κ3) is 5.27. The molecule has 1 spiro atoms. The molecule has 2 aliphatic rings. The normalized spacial score (nSPS) is 12.7. The molecule has 0 unspecified atom stereocenters. The predicted octanol–water partition coefficient (Wildman–Crippen LogP) is 12.5. The summed E-state index contributed by atoms with van der Waals surface area (Å²) in [5, 5.41) is 9.42. The maximum Gasteiger partial charge on any atom is 0.164 e. The standard InChI is InChI=1S/C53H32N4O/c54-33-34-19-21-35(22-20-34)40-27-29-46-48(31-40)58-49-32-41(28-30-47(49)53(46)44-17-9-7-15-42(44)43-16-8-10-18-45(43)53)36-23-25-39(26-24-36)52-56-50(37-11-3-1-4-12-37)55-51(57-52)38-13-5-2-6-14-38/h1-32H. The van der Waals surface area contributed by atoms with Crippen LogP contribution in [0.5, 0.6) is 11.5 Å². The molecule has 0 amide bonds. The highest BCUT2D eigenvalue weighted by atomic mass is 16.5. The highest BCUT2D eigenvalue weighted by Gasteiger charge is 2.51. The highest BCUT2D eigenvalue weighted by Crippen LogP contribution is 2.62. The van der Waals surface area contributed by atoms with E-state index in [4.69, 9.17) is 19.7 Å². The van der Waals surface area contributed by atoms with Crippen LogP contribution in [0.2, 0.25) is 0 Å². The topological polar surface area (TPSA) is 71.7 Å². The number of ether oxygens (including phenoxy) is 1. The molecule has 0 N–H and O–H groups in total. The second-order valence-corrected chi connectivity index (χ2v) is 14.7. The molecule has 9 aromatic rings. The van der Waals surface area contributed by atoms with Gasteiger partial charge in [-0.05, 0) is 68.8 Å². The van der Waals surface area contributed by atoms with Crippen LogP contribution in [0.4, 0.5) is 0 Å². The van der Waals surface area contributed by atoms with Gasteiger partial charge in [0.1, 0.15) is 11.5 Å². The third-order valence-corrected chi connectivity index (χ3v) is 11.5. The van der Waals surface area contributed by atoms with E-state index in [9.17, 15) is 5.26 Å². The lowest BCUT2D eigenvalue weighted by Gasteiger charge is -2.39. The van der Waals surface area contributed by atoms with Gasteiger partial charge in [0.25, 0.3) is 0 Å². The SMILES string of the molecule is N#Cc1ccc(-c2ccc3c(c2)Oc2cc(-c4ccc(-c5nc(-c6ccccc6)nc(-c6ccccc6)n5)cc4)ccc2C32c3ccccc3-c3ccccc32)cc1. The molecule has 0 saturated carbocycles. The van der Waals surface area contributed by atoms with Crippen LogP contribution in [-0.4, -0.2) is 15.0 Å². The molecule has 58 heavy (non-hydrogen) atoms. The van der Waals surface area contributed by atoms with Crippen molar-refractivity contribution in [3.63, 3.8) is 0 Å². The lowest BCUT2D eigenvalue weighted by Crippen LogP contribution is -2.32. The second kappa shape index (κ2) is 13.4. The Morgan fingerprint density at radius 3 is 1.21 bits per heavy atom. The van der Waals surface area contributed by atoms with Crippen molar-refractivity contribution < 1.29 is 4.74 Å². The van der Waals surface area contributed by atoms with E-state index in [0.29, 0.717) is 23.0 Å². The van der Waals surface area contributed by atoms with Gasteiger partial charge in [0.15, 0.2) is 17.5 Å². The second-order valence-electron chi connectivity index (χ2n) is 14.7. The monoisotopic (exact) mass is 740 g/mol. The highest BCUT2D eigenvalue weighted by molar-refractivity contribution is 5.89. The molecule has 1 aliphatic carbocycles. The van der Waals surface area contributed by atoms with Crippen LogP contribution in [0, 0.1) is 11.3 Å². The van der Waals surface area contributed by atoms with Crippen molar-refractivity contribution in [3.8, 4) is 85.1 Å². The first-order chi connectivity index (χ1) is 28.7. The number of benzene rings is 8. The summed E-state index contributed by atoms with van der Waals surface area (Å²) >= 11 is 0. The summed E-state index contributed by atoms with van der Waals surface area (Å²) in [5.74, 6) is 3.50. The fourth-order valence-corrected chi connectivity index (χ4v) is 8.76. The molecule has 270 valence electrons. The van der Waals surface area contributed by atoms with Gasteiger partial charge < -0.3 is 4.74 Å². The van der Waals surface area contributed by atoms with Crippen LogP contribution < -0.4 is 4.74 Å². The molecule has 11 rings (SSSR count).